The molecular formula is C5H13NO3. The maximum Gasteiger partial charge on any atom is 0.240 e. The van der Waals surface area contributed by atoms with Crippen LogP contribution < -0.4 is 0 Å². The SMILES string of the molecule is CCOC(OC)N(C)O. The highest BCUT2D eigenvalue weighted by Gasteiger charge is 2.08. The van der Waals surface area contributed by atoms with Gasteiger partial charge in [-0.15, -0.1) is 5.06 Å². The van der Waals surface area contributed by atoms with Crippen LogP contribution in [0.2, 0.25) is 0 Å². The van der Waals surface area contributed by atoms with E-state index in [-0.39, 0.29) is 0 Å². The zero-order chi connectivity index (χ0) is 7.28. The lowest BCUT2D eigenvalue weighted by molar-refractivity contribution is -0.296. The van der Waals surface area contributed by atoms with Gasteiger partial charge in [-0.25, -0.2) is 0 Å². The zero-order valence-corrected chi connectivity index (χ0v) is 6.00. The Balaban J connectivity index is 3.41. The fourth-order valence-electron chi connectivity index (χ4n) is 0.471. The second-order valence-electron chi connectivity index (χ2n) is 1.57. The second-order valence-corrected chi connectivity index (χ2v) is 1.57. The summed E-state index contributed by atoms with van der Waals surface area (Å²) < 4.78 is 9.61. The molecule has 56 valence electrons. The van der Waals surface area contributed by atoms with E-state index in [4.69, 9.17) is 14.7 Å². The number of nitrogens with zero attached hydrogens (tertiary/aromatic N) is 1. The van der Waals surface area contributed by atoms with Crippen molar-refractivity contribution in [2.45, 2.75) is 13.3 Å². The Morgan fingerprint density at radius 2 is 2.22 bits per heavy atom. The van der Waals surface area contributed by atoms with E-state index in [1.165, 1.54) is 14.2 Å². The van der Waals surface area contributed by atoms with Crippen LogP contribution in [0.1, 0.15) is 6.92 Å². The minimum absolute atomic E-state index is 0.517. The number of rotatable bonds is 4. The van der Waals surface area contributed by atoms with Crippen LogP contribution in [0.5, 0.6) is 0 Å². The summed E-state index contributed by atoms with van der Waals surface area (Å²) in [6, 6.07) is 0. The molecule has 9 heavy (non-hydrogen) atoms. The summed E-state index contributed by atoms with van der Waals surface area (Å²) in [5.41, 5.74) is 0. The van der Waals surface area contributed by atoms with Gasteiger partial charge >= 0.3 is 0 Å². The molecule has 1 atom stereocenters. The van der Waals surface area contributed by atoms with E-state index in [1.807, 2.05) is 6.92 Å². The van der Waals surface area contributed by atoms with Crippen LogP contribution in [-0.2, 0) is 9.47 Å². The highest BCUT2D eigenvalue weighted by atomic mass is 16.7. The quantitative estimate of drug-likeness (QED) is 0.444. The van der Waals surface area contributed by atoms with Gasteiger partial charge in [0.05, 0.1) is 0 Å². The van der Waals surface area contributed by atoms with Gasteiger partial charge in [-0.2, -0.15) is 0 Å². The molecule has 4 nitrogen and oxygen atoms in total. The van der Waals surface area contributed by atoms with Crippen LogP contribution >= 0.6 is 0 Å². The lowest BCUT2D eigenvalue weighted by atomic mass is 10.8. The smallest absolute Gasteiger partial charge is 0.240 e. The van der Waals surface area contributed by atoms with E-state index in [2.05, 4.69) is 0 Å². The standard InChI is InChI=1S/C5H13NO3/c1-4-9-5(8-3)6(2)7/h5,7H,4H2,1-3H3. The Bertz CT molecular complexity index is 67.2. The molecule has 0 aliphatic carbocycles. The summed E-state index contributed by atoms with van der Waals surface area (Å²) >= 11 is 0. The number of hydrogen-bond donors (Lipinski definition) is 1. The van der Waals surface area contributed by atoms with E-state index >= 15 is 0 Å². The first-order chi connectivity index (χ1) is 4.22. The maximum absolute atomic E-state index is 8.73. The Morgan fingerprint density at radius 1 is 1.67 bits per heavy atom. The van der Waals surface area contributed by atoms with Gasteiger partial charge in [0.25, 0.3) is 0 Å². The van der Waals surface area contributed by atoms with E-state index in [0.717, 1.165) is 5.06 Å². The highest BCUT2D eigenvalue weighted by molar-refractivity contribution is 4.27. The van der Waals surface area contributed by atoms with Gasteiger partial charge in [0, 0.05) is 20.8 Å². The minimum atomic E-state index is -0.644. The average Bonchev–Trinajstić information content (AvgIpc) is 1.82. The van der Waals surface area contributed by atoms with Gasteiger partial charge in [0.2, 0.25) is 6.41 Å². The molecule has 0 aliphatic heterocycles. The topological polar surface area (TPSA) is 41.9 Å². The lowest BCUT2D eigenvalue weighted by Crippen LogP contribution is -2.32. The zero-order valence-electron chi connectivity index (χ0n) is 6.00. The normalized spacial score (nSPS) is 14.3. The van der Waals surface area contributed by atoms with Crippen molar-refractivity contribution in [3.8, 4) is 0 Å². The molecule has 0 heterocycles. The van der Waals surface area contributed by atoms with Gasteiger partial charge < -0.3 is 14.7 Å². The highest BCUT2D eigenvalue weighted by Crippen LogP contribution is 1.94. The van der Waals surface area contributed by atoms with Crippen molar-refractivity contribution in [1.29, 1.82) is 0 Å². The average molecular weight is 135 g/mol. The largest absolute Gasteiger partial charge is 0.342 e. The first-order valence-electron chi connectivity index (χ1n) is 2.78. The molecule has 4 heteroatoms. The van der Waals surface area contributed by atoms with Crippen molar-refractivity contribution in [2.24, 2.45) is 0 Å². The molecule has 0 bridgehead atoms. The Morgan fingerprint density at radius 3 is 2.33 bits per heavy atom. The van der Waals surface area contributed by atoms with Gasteiger partial charge in [0.1, 0.15) is 0 Å². The molecule has 0 rings (SSSR count). The summed E-state index contributed by atoms with van der Waals surface area (Å²) in [5, 5.41) is 9.59. The molecule has 0 saturated carbocycles. The van der Waals surface area contributed by atoms with E-state index < -0.39 is 6.41 Å². The van der Waals surface area contributed by atoms with Crippen LogP contribution in [0.15, 0.2) is 0 Å². The maximum atomic E-state index is 8.73. The predicted molar refractivity (Wildman–Crippen MR) is 32.0 cm³/mol. The van der Waals surface area contributed by atoms with Crippen molar-refractivity contribution < 1.29 is 14.7 Å². The monoisotopic (exact) mass is 135 g/mol. The molecule has 0 spiro atoms. The number of methoxy groups -OCH3 is 1. The molecule has 0 saturated heterocycles. The lowest BCUT2D eigenvalue weighted by Gasteiger charge is -2.19. The van der Waals surface area contributed by atoms with Crippen LogP contribution in [0.25, 0.3) is 0 Å². The predicted octanol–water partition coefficient (Wildman–Crippen LogP) is 0.274. The van der Waals surface area contributed by atoms with Crippen LogP contribution in [0.4, 0.5) is 0 Å². The van der Waals surface area contributed by atoms with Crippen molar-refractivity contribution in [3.63, 3.8) is 0 Å². The third kappa shape index (κ3) is 3.42. The summed E-state index contributed by atoms with van der Waals surface area (Å²) in [6.07, 6.45) is -0.644. The van der Waals surface area contributed by atoms with Crippen LogP contribution in [-0.4, -0.2) is 37.4 Å². The van der Waals surface area contributed by atoms with Gasteiger partial charge in [0.15, 0.2) is 0 Å². The molecule has 0 fully saturated rings. The van der Waals surface area contributed by atoms with Gasteiger partial charge in [-0.05, 0) is 6.92 Å². The summed E-state index contributed by atoms with van der Waals surface area (Å²) in [6.45, 7) is 2.35. The van der Waals surface area contributed by atoms with Crippen molar-refractivity contribution in [2.75, 3.05) is 20.8 Å². The number of hydroxylamine groups is 2. The summed E-state index contributed by atoms with van der Waals surface area (Å²) in [7, 11) is 2.93. The second kappa shape index (κ2) is 4.69. The summed E-state index contributed by atoms with van der Waals surface area (Å²) in [4.78, 5) is 0. The van der Waals surface area contributed by atoms with Crippen LogP contribution in [0.3, 0.4) is 0 Å². The molecule has 0 aliphatic rings. The fraction of sp³-hybridized carbons (Fsp3) is 1.00. The molecule has 1 unspecified atom stereocenters. The Hall–Kier alpha value is -0.160. The molecule has 1 N–H and O–H groups in total. The Kier molecular flexibility index (Phi) is 4.61. The molecule has 0 aromatic heterocycles. The van der Waals surface area contributed by atoms with E-state index in [1.54, 1.807) is 0 Å². The van der Waals surface area contributed by atoms with Gasteiger partial charge in [-0.1, -0.05) is 0 Å². The van der Waals surface area contributed by atoms with Crippen molar-refractivity contribution in [3.05, 3.63) is 0 Å². The molecule has 0 aromatic rings. The number of hydrogen-bond acceptors (Lipinski definition) is 4. The minimum Gasteiger partial charge on any atom is -0.342 e. The van der Waals surface area contributed by atoms with Gasteiger partial charge in [-0.3, -0.25) is 0 Å². The number of ether oxygens (including phenoxy) is 2. The third-order valence-corrected chi connectivity index (χ3v) is 0.816. The summed E-state index contributed by atoms with van der Waals surface area (Å²) in [5.74, 6) is 0. The Labute approximate surface area is 54.9 Å². The van der Waals surface area contributed by atoms with Crippen molar-refractivity contribution in [1.82, 2.24) is 5.06 Å². The molecular weight excluding hydrogens is 122 g/mol. The van der Waals surface area contributed by atoms with Crippen LogP contribution in [0, 0.1) is 0 Å². The van der Waals surface area contributed by atoms with Crippen molar-refractivity contribution >= 4 is 0 Å². The fourth-order valence-corrected chi connectivity index (χ4v) is 0.471. The molecule has 0 aromatic carbocycles. The first kappa shape index (κ1) is 8.84. The van der Waals surface area contributed by atoms with E-state index in [0.29, 0.717) is 6.61 Å². The molecule has 0 radical (unpaired) electrons. The third-order valence-electron chi connectivity index (χ3n) is 0.816. The van der Waals surface area contributed by atoms with E-state index in [9.17, 15) is 0 Å². The first-order valence-corrected chi connectivity index (χ1v) is 2.78. The molecule has 0 amide bonds.